The molecule has 2 fully saturated rings. The van der Waals surface area contributed by atoms with E-state index in [0.717, 1.165) is 22.7 Å². The summed E-state index contributed by atoms with van der Waals surface area (Å²) in [5.41, 5.74) is 0.515. The van der Waals surface area contributed by atoms with Crippen molar-refractivity contribution >= 4 is 26.7 Å². The van der Waals surface area contributed by atoms with Gasteiger partial charge < -0.3 is 10.2 Å². The van der Waals surface area contributed by atoms with Crippen LogP contribution in [0.2, 0.25) is 0 Å². The minimum atomic E-state index is -3.59. The fourth-order valence-corrected chi connectivity index (χ4v) is 6.45. The van der Waals surface area contributed by atoms with Crippen molar-refractivity contribution in [2.45, 2.75) is 42.3 Å². The molecule has 1 unspecified atom stereocenters. The summed E-state index contributed by atoms with van der Waals surface area (Å²) in [6.07, 6.45) is 1.52. The van der Waals surface area contributed by atoms with Crippen molar-refractivity contribution in [3.63, 3.8) is 0 Å². The molecule has 30 heavy (non-hydrogen) atoms. The lowest BCUT2D eigenvalue weighted by Crippen LogP contribution is -2.37. The number of rotatable bonds is 7. The Bertz CT molecular complexity index is 1030. The highest BCUT2D eigenvalue weighted by molar-refractivity contribution is 8.24. The van der Waals surface area contributed by atoms with E-state index in [1.54, 1.807) is 42.5 Å². The molecular formula is C19H25N3O6S2. The summed E-state index contributed by atoms with van der Waals surface area (Å²) < 4.78 is 51.5. The van der Waals surface area contributed by atoms with Gasteiger partial charge in [0.2, 0.25) is 10.0 Å². The normalized spacial score (nSPS) is 23.3. The van der Waals surface area contributed by atoms with Gasteiger partial charge in [0.05, 0.1) is 11.4 Å². The fraction of sp³-hybridized carbons (Fsp3) is 0.368. The maximum absolute atomic E-state index is 12.6. The van der Waals surface area contributed by atoms with Gasteiger partial charge in [-0.25, -0.2) is 13.1 Å². The van der Waals surface area contributed by atoms with Crippen molar-refractivity contribution in [2.24, 2.45) is 0 Å². The number of hydrogen-bond acceptors (Lipinski definition) is 8. The largest absolute Gasteiger partial charge is 0.506 e. The second kappa shape index (κ2) is 7.68. The summed E-state index contributed by atoms with van der Waals surface area (Å²) in [7, 11) is -6.99. The first-order chi connectivity index (χ1) is 14.1. The quantitative estimate of drug-likeness (QED) is 0.373. The Hall–Kier alpha value is -1.86. The van der Waals surface area contributed by atoms with Crippen molar-refractivity contribution in [3.8, 4) is 5.75 Å². The molecule has 1 aliphatic heterocycles. The number of anilines is 1. The molecule has 0 aromatic heterocycles. The van der Waals surface area contributed by atoms with Crippen LogP contribution in [0.5, 0.6) is 5.75 Å². The molecule has 0 radical (unpaired) electrons. The Balaban J connectivity index is 1.43. The van der Waals surface area contributed by atoms with Gasteiger partial charge in [-0.15, -0.1) is 0 Å². The number of sulfonamides is 1. The molecular weight excluding hydrogens is 430 g/mol. The van der Waals surface area contributed by atoms with Crippen LogP contribution in [0.3, 0.4) is 0 Å². The van der Waals surface area contributed by atoms with Gasteiger partial charge in [0.25, 0.3) is 0 Å². The average Bonchev–Trinajstić information content (AvgIpc) is 3.37. The van der Waals surface area contributed by atoms with Crippen LogP contribution >= 0.6 is 11.0 Å². The fourth-order valence-electron chi connectivity index (χ4n) is 3.60. The van der Waals surface area contributed by atoms with Crippen LogP contribution in [0.1, 0.15) is 24.8 Å². The molecule has 6 N–H and O–H groups in total. The highest BCUT2D eigenvalue weighted by atomic mass is 32.3. The van der Waals surface area contributed by atoms with Gasteiger partial charge in [0.1, 0.15) is 17.7 Å². The van der Waals surface area contributed by atoms with Crippen LogP contribution in [0.25, 0.3) is 0 Å². The van der Waals surface area contributed by atoms with Crippen LogP contribution in [0.15, 0.2) is 53.4 Å². The molecule has 1 heterocycles. The Morgan fingerprint density at radius 2 is 1.87 bits per heavy atom. The third kappa shape index (κ3) is 4.42. The topological polar surface area (TPSA) is 142 Å². The van der Waals surface area contributed by atoms with Gasteiger partial charge in [0, 0.05) is 5.54 Å². The first-order valence-corrected chi connectivity index (χ1v) is 12.5. The standard InChI is InChI=1S/C19H25N3O6S2/c23-17-12-14(6-7-16(17)22-13-18(24)20-30(22,27)28)8-9-19(10-11-19)21-29(25,26)15-4-2-1-3-5-15/h1-7,12,18,20-21,23-24,27-28H,8-11,13H2. The van der Waals surface area contributed by atoms with E-state index in [0.29, 0.717) is 12.8 Å². The van der Waals surface area contributed by atoms with Crippen molar-refractivity contribution in [3.05, 3.63) is 54.1 Å². The Morgan fingerprint density at radius 3 is 2.43 bits per heavy atom. The van der Waals surface area contributed by atoms with Gasteiger partial charge >= 0.3 is 0 Å². The minimum Gasteiger partial charge on any atom is -0.506 e. The Labute approximate surface area is 177 Å². The van der Waals surface area contributed by atoms with Crippen molar-refractivity contribution in [1.82, 2.24) is 9.44 Å². The molecule has 1 saturated heterocycles. The molecule has 164 valence electrons. The molecule has 2 aliphatic rings. The molecule has 1 aliphatic carbocycles. The first-order valence-electron chi connectivity index (χ1n) is 9.52. The molecule has 0 spiro atoms. The second-order valence-electron chi connectivity index (χ2n) is 7.74. The molecule has 1 atom stereocenters. The molecule has 11 heteroatoms. The molecule has 2 aromatic carbocycles. The highest BCUT2D eigenvalue weighted by Gasteiger charge is 2.45. The van der Waals surface area contributed by atoms with E-state index in [4.69, 9.17) is 0 Å². The van der Waals surface area contributed by atoms with Crippen LogP contribution < -0.4 is 13.7 Å². The predicted molar refractivity (Wildman–Crippen MR) is 114 cm³/mol. The number of hydrogen-bond donors (Lipinski definition) is 6. The lowest BCUT2D eigenvalue weighted by Gasteiger charge is -2.36. The number of nitrogens with one attached hydrogen (secondary N) is 2. The Morgan fingerprint density at radius 1 is 1.17 bits per heavy atom. The van der Waals surface area contributed by atoms with E-state index in [1.807, 2.05) is 0 Å². The van der Waals surface area contributed by atoms with E-state index in [1.165, 1.54) is 6.07 Å². The molecule has 0 bridgehead atoms. The summed E-state index contributed by atoms with van der Waals surface area (Å²) in [5.74, 6) is -0.141. The summed E-state index contributed by atoms with van der Waals surface area (Å²) in [6, 6.07) is 13.1. The Kier molecular flexibility index (Phi) is 5.47. The summed E-state index contributed by atoms with van der Waals surface area (Å²) in [5, 5.41) is 20.0. The third-order valence-corrected chi connectivity index (χ3v) is 8.54. The van der Waals surface area contributed by atoms with Crippen LogP contribution in [0.4, 0.5) is 5.69 Å². The summed E-state index contributed by atoms with van der Waals surface area (Å²) >= 11 is 0. The molecule has 4 rings (SSSR count). The van der Waals surface area contributed by atoms with E-state index in [2.05, 4.69) is 9.44 Å². The van der Waals surface area contributed by atoms with Crippen LogP contribution in [0, 0.1) is 0 Å². The molecule has 2 aromatic rings. The maximum Gasteiger partial charge on any atom is 0.241 e. The molecule has 1 saturated carbocycles. The van der Waals surface area contributed by atoms with Gasteiger partial charge in [0.15, 0.2) is 0 Å². The lowest BCUT2D eigenvalue weighted by atomic mass is 10.0. The van der Waals surface area contributed by atoms with E-state index in [9.17, 15) is 27.7 Å². The number of aliphatic hydroxyl groups is 1. The summed E-state index contributed by atoms with van der Waals surface area (Å²) in [4.78, 5) is 0.235. The smallest absolute Gasteiger partial charge is 0.241 e. The SMILES string of the molecule is O=S(=O)(NC1(CCc2ccc(N3CC(O)NS3(O)O)c(O)c2)CC1)c1ccccc1. The lowest BCUT2D eigenvalue weighted by molar-refractivity contribution is 0.182. The predicted octanol–water partition coefficient (Wildman–Crippen LogP) is 2.14. The average molecular weight is 456 g/mol. The van der Waals surface area contributed by atoms with Crippen molar-refractivity contribution < 1.29 is 27.7 Å². The van der Waals surface area contributed by atoms with E-state index >= 15 is 0 Å². The number of aliphatic hydroxyl groups excluding tert-OH is 1. The first kappa shape index (κ1) is 21.4. The van der Waals surface area contributed by atoms with Crippen molar-refractivity contribution in [1.29, 1.82) is 0 Å². The monoisotopic (exact) mass is 455 g/mol. The van der Waals surface area contributed by atoms with Crippen LogP contribution in [-0.2, 0) is 16.4 Å². The maximum atomic E-state index is 12.6. The number of β-amino-alcohol motifs (C(OH)–C–C–N with tert-alkyl or cyclic N) is 1. The number of aryl methyl sites for hydroxylation is 1. The number of phenols is 1. The van der Waals surface area contributed by atoms with Gasteiger partial charge in [-0.1, -0.05) is 35.2 Å². The molecule has 0 amide bonds. The zero-order chi connectivity index (χ0) is 21.6. The van der Waals surface area contributed by atoms with Gasteiger partial charge in [-0.3, -0.25) is 13.4 Å². The van der Waals surface area contributed by atoms with Crippen molar-refractivity contribution in [2.75, 3.05) is 10.8 Å². The van der Waals surface area contributed by atoms with E-state index < -0.39 is 32.8 Å². The van der Waals surface area contributed by atoms with Crippen LogP contribution in [-0.4, -0.2) is 46.0 Å². The second-order valence-corrected chi connectivity index (χ2v) is 11.1. The number of benzene rings is 2. The number of nitrogens with zero attached hydrogens (tertiary/aromatic N) is 1. The number of phenolic OH excluding ortho intramolecular Hbond substituents is 1. The van der Waals surface area contributed by atoms with Gasteiger partial charge in [-0.05, 0) is 55.5 Å². The van der Waals surface area contributed by atoms with E-state index in [-0.39, 0.29) is 22.9 Å². The molecule has 9 nitrogen and oxygen atoms in total. The zero-order valence-corrected chi connectivity index (χ0v) is 17.7. The minimum absolute atomic E-state index is 0.0698. The van der Waals surface area contributed by atoms with Gasteiger partial charge in [-0.2, -0.15) is 4.72 Å². The summed E-state index contributed by atoms with van der Waals surface area (Å²) in [6.45, 7) is -0.0698. The third-order valence-electron chi connectivity index (χ3n) is 5.40. The zero-order valence-electron chi connectivity index (χ0n) is 16.1. The highest BCUT2D eigenvalue weighted by Crippen LogP contribution is 2.49. The number of aromatic hydroxyl groups is 1.